The lowest BCUT2D eigenvalue weighted by atomic mass is 9.97. The summed E-state index contributed by atoms with van der Waals surface area (Å²) in [6.45, 7) is 0. The summed E-state index contributed by atoms with van der Waals surface area (Å²) >= 11 is 0. The van der Waals surface area contributed by atoms with E-state index in [-0.39, 0.29) is 5.82 Å². The van der Waals surface area contributed by atoms with E-state index in [9.17, 15) is 9.18 Å². The number of fused-ring (bicyclic) bond motifs is 1. The molecule has 0 aromatic heterocycles. The molecule has 2 heteroatoms. The number of halogens is 1. The average molecular weight is 250 g/mol. The van der Waals surface area contributed by atoms with Gasteiger partial charge in [0.15, 0.2) is 0 Å². The molecule has 0 amide bonds. The molecule has 0 saturated heterocycles. The van der Waals surface area contributed by atoms with Gasteiger partial charge in [-0.25, -0.2) is 4.39 Å². The topological polar surface area (TPSA) is 17.1 Å². The van der Waals surface area contributed by atoms with Crippen molar-refractivity contribution in [2.75, 3.05) is 0 Å². The minimum Gasteiger partial charge on any atom is -0.298 e. The van der Waals surface area contributed by atoms with Gasteiger partial charge in [0.1, 0.15) is 12.1 Å². The number of rotatable bonds is 2. The number of carbonyl (C=O) groups is 1. The molecule has 0 fully saturated rings. The van der Waals surface area contributed by atoms with Gasteiger partial charge in [-0.15, -0.1) is 0 Å². The van der Waals surface area contributed by atoms with Gasteiger partial charge in [0, 0.05) is 10.9 Å². The van der Waals surface area contributed by atoms with Crippen molar-refractivity contribution in [1.29, 1.82) is 0 Å². The molecular formula is C17H11FO. The van der Waals surface area contributed by atoms with Crippen LogP contribution >= 0.6 is 0 Å². The van der Waals surface area contributed by atoms with E-state index in [1.807, 2.05) is 30.3 Å². The maximum absolute atomic E-state index is 13.8. The maximum Gasteiger partial charge on any atom is 0.150 e. The molecule has 0 atom stereocenters. The summed E-state index contributed by atoms with van der Waals surface area (Å²) in [5.74, 6) is -0.219. The lowest BCUT2D eigenvalue weighted by Gasteiger charge is -2.08. The van der Waals surface area contributed by atoms with E-state index in [0.29, 0.717) is 10.9 Å². The van der Waals surface area contributed by atoms with Crippen molar-refractivity contribution in [2.24, 2.45) is 0 Å². The van der Waals surface area contributed by atoms with Gasteiger partial charge >= 0.3 is 0 Å². The first kappa shape index (κ1) is 11.6. The summed E-state index contributed by atoms with van der Waals surface area (Å²) in [4.78, 5) is 10.7. The van der Waals surface area contributed by atoms with E-state index < -0.39 is 0 Å². The first-order chi connectivity index (χ1) is 9.29. The molecule has 0 spiro atoms. The van der Waals surface area contributed by atoms with Crippen LogP contribution in [0.2, 0.25) is 0 Å². The van der Waals surface area contributed by atoms with Gasteiger partial charge in [-0.1, -0.05) is 54.6 Å². The summed E-state index contributed by atoms with van der Waals surface area (Å²) in [5, 5.41) is 1.49. The molecule has 0 saturated carbocycles. The second-order valence-corrected chi connectivity index (χ2v) is 4.38. The van der Waals surface area contributed by atoms with Gasteiger partial charge in [0.05, 0.1) is 0 Å². The zero-order valence-corrected chi connectivity index (χ0v) is 10.1. The van der Waals surface area contributed by atoms with Crippen molar-refractivity contribution in [3.05, 3.63) is 72.0 Å². The van der Waals surface area contributed by atoms with Gasteiger partial charge in [-0.05, 0) is 22.6 Å². The number of aldehydes is 1. The van der Waals surface area contributed by atoms with E-state index >= 15 is 0 Å². The Kier molecular flexibility index (Phi) is 2.84. The van der Waals surface area contributed by atoms with Crippen LogP contribution in [0, 0.1) is 5.82 Å². The van der Waals surface area contributed by atoms with Crippen LogP contribution in [-0.2, 0) is 0 Å². The Bertz CT molecular complexity index is 745. The Morgan fingerprint density at radius 3 is 2.16 bits per heavy atom. The molecule has 0 N–H and O–H groups in total. The van der Waals surface area contributed by atoms with Crippen molar-refractivity contribution in [2.45, 2.75) is 0 Å². The number of benzene rings is 3. The summed E-state index contributed by atoms with van der Waals surface area (Å²) < 4.78 is 13.8. The maximum atomic E-state index is 13.8. The molecule has 3 aromatic carbocycles. The standard InChI is InChI=1S/C17H11FO/c18-17-10-9-14(15-3-1-2-4-16(15)17)13-7-5-12(11-19)6-8-13/h1-11H. The van der Waals surface area contributed by atoms with Crippen LogP contribution in [0.4, 0.5) is 4.39 Å². The zero-order valence-electron chi connectivity index (χ0n) is 10.1. The van der Waals surface area contributed by atoms with Crippen molar-refractivity contribution in [3.8, 4) is 11.1 Å². The molecule has 0 aliphatic heterocycles. The Labute approximate surface area is 110 Å². The highest BCUT2D eigenvalue weighted by Crippen LogP contribution is 2.30. The Balaban J connectivity index is 2.24. The second-order valence-electron chi connectivity index (χ2n) is 4.38. The predicted molar refractivity (Wildman–Crippen MR) is 74.7 cm³/mol. The molecule has 1 nitrogen and oxygen atoms in total. The summed E-state index contributed by atoms with van der Waals surface area (Å²) in [6, 6.07) is 17.9. The third-order valence-electron chi connectivity index (χ3n) is 3.23. The van der Waals surface area contributed by atoms with Gasteiger partial charge in [0.2, 0.25) is 0 Å². The normalized spacial score (nSPS) is 10.6. The smallest absolute Gasteiger partial charge is 0.150 e. The van der Waals surface area contributed by atoms with E-state index in [0.717, 1.165) is 22.8 Å². The van der Waals surface area contributed by atoms with E-state index in [4.69, 9.17) is 0 Å². The number of hydrogen-bond donors (Lipinski definition) is 0. The van der Waals surface area contributed by atoms with Crippen LogP contribution in [0.15, 0.2) is 60.7 Å². The fraction of sp³-hybridized carbons (Fsp3) is 0. The van der Waals surface area contributed by atoms with Crippen LogP contribution in [-0.4, -0.2) is 6.29 Å². The Hall–Kier alpha value is -2.48. The van der Waals surface area contributed by atoms with Gasteiger partial charge in [0.25, 0.3) is 0 Å². The quantitative estimate of drug-likeness (QED) is 0.614. The highest BCUT2D eigenvalue weighted by Gasteiger charge is 2.07. The second kappa shape index (κ2) is 4.65. The first-order valence-corrected chi connectivity index (χ1v) is 6.02. The molecule has 0 bridgehead atoms. The summed E-state index contributed by atoms with van der Waals surface area (Å²) in [6.07, 6.45) is 0.812. The van der Waals surface area contributed by atoms with Crippen LogP contribution in [0.25, 0.3) is 21.9 Å². The first-order valence-electron chi connectivity index (χ1n) is 6.02. The van der Waals surface area contributed by atoms with E-state index in [1.165, 1.54) is 6.07 Å². The molecule has 3 aromatic rings. The van der Waals surface area contributed by atoms with Crippen molar-refractivity contribution in [1.82, 2.24) is 0 Å². The molecule has 0 aliphatic rings. The summed E-state index contributed by atoms with van der Waals surface area (Å²) in [5.41, 5.74) is 2.58. The molecule has 0 aliphatic carbocycles. The molecule has 0 heterocycles. The molecule has 92 valence electrons. The van der Waals surface area contributed by atoms with Gasteiger partial charge in [-0.2, -0.15) is 0 Å². The third-order valence-corrected chi connectivity index (χ3v) is 3.23. The largest absolute Gasteiger partial charge is 0.298 e. The van der Waals surface area contributed by atoms with E-state index in [2.05, 4.69) is 0 Å². The van der Waals surface area contributed by atoms with Crippen LogP contribution < -0.4 is 0 Å². The number of hydrogen-bond acceptors (Lipinski definition) is 1. The highest BCUT2D eigenvalue weighted by atomic mass is 19.1. The molecule has 0 unspecified atom stereocenters. The Morgan fingerprint density at radius 1 is 0.789 bits per heavy atom. The van der Waals surface area contributed by atoms with Gasteiger partial charge < -0.3 is 0 Å². The predicted octanol–water partition coefficient (Wildman–Crippen LogP) is 4.46. The number of carbonyl (C=O) groups excluding carboxylic acids is 1. The fourth-order valence-electron chi connectivity index (χ4n) is 2.26. The molecular weight excluding hydrogens is 239 g/mol. The van der Waals surface area contributed by atoms with Crippen molar-refractivity contribution >= 4 is 17.1 Å². The van der Waals surface area contributed by atoms with Crippen LogP contribution in [0.1, 0.15) is 10.4 Å². The highest BCUT2D eigenvalue weighted by molar-refractivity contribution is 5.97. The summed E-state index contributed by atoms with van der Waals surface area (Å²) in [7, 11) is 0. The Morgan fingerprint density at radius 2 is 1.47 bits per heavy atom. The third kappa shape index (κ3) is 2.02. The minimum absolute atomic E-state index is 0.219. The van der Waals surface area contributed by atoms with Crippen molar-refractivity contribution in [3.63, 3.8) is 0 Å². The van der Waals surface area contributed by atoms with Crippen molar-refractivity contribution < 1.29 is 9.18 Å². The SMILES string of the molecule is O=Cc1ccc(-c2ccc(F)c3ccccc23)cc1. The average Bonchev–Trinajstić information content (AvgIpc) is 2.48. The monoisotopic (exact) mass is 250 g/mol. The van der Waals surface area contributed by atoms with E-state index in [1.54, 1.807) is 24.3 Å². The lowest BCUT2D eigenvalue weighted by molar-refractivity contribution is 0.112. The minimum atomic E-state index is -0.219. The fourth-order valence-corrected chi connectivity index (χ4v) is 2.26. The molecule has 3 rings (SSSR count). The van der Waals surface area contributed by atoms with Crippen LogP contribution in [0.5, 0.6) is 0 Å². The molecule has 0 radical (unpaired) electrons. The molecule has 19 heavy (non-hydrogen) atoms. The lowest BCUT2D eigenvalue weighted by Crippen LogP contribution is -1.86. The van der Waals surface area contributed by atoms with Gasteiger partial charge in [-0.3, -0.25) is 4.79 Å². The van der Waals surface area contributed by atoms with Crippen LogP contribution in [0.3, 0.4) is 0 Å². The zero-order chi connectivity index (χ0) is 13.2.